The molecule has 0 saturated carbocycles. The molecule has 0 fully saturated rings. The second kappa shape index (κ2) is 3.77. The molecular formula is C10H8O3S2. The van der Waals surface area contributed by atoms with Crippen LogP contribution in [0.25, 0.3) is 16.2 Å². The van der Waals surface area contributed by atoms with Crippen molar-refractivity contribution < 1.29 is 13.0 Å². The molecule has 1 aromatic heterocycles. The number of benzene rings is 1. The highest BCUT2D eigenvalue weighted by Gasteiger charge is 2.01. The van der Waals surface area contributed by atoms with Gasteiger partial charge in [0.15, 0.2) is 0 Å². The Bertz CT molecular complexity index is 608. The second-order valence-electron chi connectivity index (χ2n) is 3.00. The van der Waals surface area contributed by atoms with Crippen LogP contribution in [-0.2, 0) is 10.1 Å². The van der Waals surface area contributed by atoms with Crippen LogP contribution >= 0.6 is 11.3 Å². The molecule has 1 N–H and O–H groups in total. The van der Waals surface area contributed by atoms with Crippen LogP contribution in [0.5, 0.6) is 0 Å². The molecule has 1 aromatic carbocycles. The minimum absolute atomic E-state index is 0.793. The van der Waals surface area contributed by atoms with E-state index in [0.29, 0.717) is 0 Å². The lowest BCUT2D eigenvalue weighted by Crippen LogP contribution is -1.88. The predicted octanol–water partition coefficient (Wildman–Crippen LogP) is 2.76. The minimum atomic E-state index is -4.04. The average molecular weight is 240 g/mol. The third-order valence-electron chi connectivity index (χ3n) is 1.93. The molecule has 5 heteroatoms. The third kappa shape index (κ3) is 2.44. The van der Waals surface area contributed by atoms with Gasteiger partial charge in [-0.1, -0.05) is 18.2 Å². The largest absolute Gasteiger partial charge is 0.287 e. The van der Waals surface area contributed by atoms with Gasteiger partial charge in [-0.25, -0.2) is 0 Å². The van der Waals surface area contributed by atoms with Crippen LogP contribution in [-0.4, -0.2) is 13.0 Å². The first kappa shape index (κ1) is 10.4. The molecule has 0 aliphatic heterocycles. The monoisotopic (exact) mass is 240 g/mol. The Morgan fingerprint density at radius 2 is 2.00 bits per heavy atom. The maximum absolute atomic E-state index is 10.5. The van der Waals surface area contributed by atoms with Crippen LogP contribution in [0, 0.1) is 0 Å². The van der Waals surface area contributed by atoms with Gasteiger partial charge in [0.1, 0.15) is 0 Å². The Morgan fingerprint density at radius 3 is 2.73 bits per heavy atom. The summed E-state index contributed by atoms with van der Waals surface area (Å²) in [5.74, 6) is 0. The molecule has 0 unspecified atom stereocenters. The summed E-state index contributed by atoms with van der Waals surface area (Å²) in [5.41, 5.74) is 0.799. The van der Waals surface area contributed by atoms with Gasteiger partial charge in [0.2, 0.25) is 0 Å². The third-order valence-corrected chi connectivity index (χ3v) is 3.39. The topological polar surface area (TPSA) is 54.4 Å². The first-order chi connectivity index (χ1) is 7.06. The molecule has 0 saturated heterocycles. The Labute approximate surface area is 91.4 Å². The fourth-order valence-corrected chi connectivity index (χ4v) is 2.53. The van der Waals surface area contributed by atoms with Crippen molar-refractivity contribution in [2.24, 2.45) is 0 Å². The van der Waals surface area contributed by atoms with Gasteiger partial charge in [0, 0.05) is 4.70 Å². The lowest BCUT2D eigenvalue weighted by molar-refractivity contribution is 0.494. The highest BCUT2D eigenvalue weighted by Crippen LogP contribution is 2.26. The Morgan fingerprint density at radius 1 is 1.27 bits per heavy atom. The lowest BCUT2D eigenvalue weighted by atomic mass is 10.2. The SMILES string of the molecule is O=S(=O)(O)C=Cc1csc2ccccc12. The summed E-state index contributed by atoms with van der Waals surface area (Å²) in [6.07, 6.45) is 1.40. The zero-order valence-corrected chi connectivity index (χ0v) is 9.25. The normalized spacial score (nSPS) is 12.6. The molecule has 2 aromatic rings. The Balaban J connectivity index is 2.50. The standard InChI is InChI=1S/C10H8O3S2/c11-15(12,13)6-5-8-7-14-10-4-2-1-3-9(8)10/h1-7H,(H,11,12,13). The van der Waals surface area contributed by atoms with Crippen molar-refractivity contribution in [2.45, 2.75) is 0 Å². The van der Waals surface area contributed by atoms with E-state index >= 15 is 0 Å². The number of thiophene rings is 1. The zero-order chi connectivity index (χ0) is 10.9. The summed E-state index contributed by atoms with van der Waals surface area (Å²) in [4.78, 5) is 0. The molecule has 0 aliphatic carbocycles. The molecule has 15 heavy (non-hydrogen) atoms. The number of hydrogen-bond acceptors (Lipinski definition) is 3. The van der Waals surface area contributed by atoms with E-state index < -0.39 is 10.1 Å². The maximum Gasteiger partial charge on any atom is 0.287 e. The quantitative estimate of drug-likeness (QED) is 0.821. The van der Waals surface area contributed by atoms with E-state index in [4.69, 9.17) is 4.55 Å². The molecule has 0 radical (unpaired) electrons. The molecule has 0 bridgehead atoms. The van der Waals surface area contributed by atoms with Crippen molar-refractivity contribution in [2.75, 3.05) is 0 Å². The van der Waals surface area contributed by atoms with E-state index in [-0.39, 0.29) is 0 Å². The summed E-state index contributed by atoms with van der Waals surface area (Å²) in [6.45, 7) is 0. The van der Waals surface area contributed by atoms with Crippen LogP contribution in [0.1, 0.15) is 5.56 Å². The highest BCUT2D eigenvalue weighted by atomic mass is 32.2. The van der Waals surface area contributed by atoms with Crippen molar-refractivity contribution in [3.05, 3.63) is 40.6 Å². The minimum Gasteiger partial charge on any atom is -0.282 e. The van der Waals surface area contributed by atoms with E-state index in [1.54, 1.807) is 0 Å². The molecule has 0 atom stereocenters. The van der Waals surface area contributed by atoms with Gasteiger partial charge in [-0.2, -0.15) is 8.42 Å². The van der Waals surface area contributed by atoms with Crippen molar-refractivity contribution in [3.8, 4) is 0 Å². The molecular weight excluding hydrogens is 232 g/mol. The van der Waals surface area contributed by atoms with E-state index in [0.717, 1.165) is 21.1 Å². The summed E-state index contributed by atoms with van der Waals surface area (Å²) in [5, 5.41) is 3.64. The molecule has 3 nitrogen and oxygen atoms in total. The van der Waals surface area contributed by atoms with E-state index in [1.807, 2.05) is 29.6 Å². The van der Waals surface area contributed by atoms with Crippen molar-refractivity contribution >= 4 is 37.6 Å². The molecule has 0 aliphatic rings. The van der Waals surface area contributed by atoms with Crippen molar-refractivity contribution in [1.29, 1.82) is 0 Å². The lowest BCUT2D eigenvalue weighted by Gasteiger charge is -1.90. The summed E-state index contributed by atoms with van der Waals surface area (Å²) >= 11 is 1.54. The first-order valence-electron chi connectivity index (χ1n) is 4.18. The first-order valence-corrected chi connectivity index (χ1v) is 6.56. The smallest absolute Gasteiger partial charge is 0.282 e. The van der Waals surface area contributed by atoms with Gasteiger partial charge < -0.3 is 0 Å². The average Bonchev–Trinajstić information content (AvgIpc) is 2.57. The van der Waals surface area contributed by atoms with E-state index in [2.05, 4.69) is 0 Å². The summed E-state index contributed by atoms with van der Waals surface area (Å²) < 4.78 is 30.7. The van der Waals surface area contributed by atoms with Crippen LogP contribution in [0.4, 0.5) is 0 Å². The van der Waals surface area contributed by atoms with Gasteiger partial charge in [-0.05, 0) is 28.5 Å². The fraction of sp³-hybridized carbons (Fsp3) is 0. The zero-order valence-electron chi connectivity index (χ0n) is 7.62. The molecule has 0 spiro atoms. The molecule has 1 heterocycles. The number of hydrogen-bond donors (Lipinski definition) is 1. The van der Waals surface area contributed by atoms with Gasteiger partial charge >= 0.3 is 0 Å². The Kier molecular flexibility index (Phi) is 2.60. The molecule has 78 valence electrons. The second-order valence-corrected chi connectivity index (χ2v) is 5.22. The van der Waals surface area contributed by atoms with Crippen molar-refractivity contribution in [3.63, 3.8) is 0 Å². The van der Waals surface area contributed by atoms with Crippen LogP contribution < -0.4 is 0 Å². The van der Waals surface area contributed by atoms with Gasteiger partial charge in [-0.15, -0.1) is 11.3 Å². The summed E-state index contributed by atoms with van der Waals surface area (Å²) in [7, 11) is -4.04. The maximum atomic E-state index is 10.5. The Hall–Kier alpha value is -1.17. The van der Waals surface area contributed by atoms with Gasteiger partial charge in [0.25, 0.3) is 10.1 Å². The van der Waals surface area contributed by atoms with Crippen LogP contribution in [0.15, 0.2) is 35.1 Å². The van der Waals surface area contributed by atoms with Gasteiger partial charge in [-0.3, -0.25) is 4.55 Å². The molecule has 2 rings (SSSR count). The number of rotatable bonds is 2. The van der Waals surface area contributed by atoms with Crippen LogP contribution in [0.3, 0.4) is 0 Å². The summed E-state index contributed by atoms with van der Waals surface area (Å²) in [6, 6.07) is 7.69. The van der Waals surface area contributed by atoms with Gasteiger partial charge in [0.05, 0.1) is 5.41 Å². The van der Waals surface area contributed by atoms with Crippen LogP contribution in [0.2, 0.25) is 0 Å². The predicted molar refractivity (Wildman–Crippen MR) is 62.4 cm³/mol. The van der Waals surface area contributed by atoms with Crippen molar-refractivity contribution in [1.82, 2.24) is 0 Å². The molecule has 0 amide bonds. The van der Waals surface area contributed by atoms with E-state index in [1.165, 1.54) is 17.4 Å². The van der Waals surface area contributed by atoms with E-state index in [9.17, 15) is 8.42 Å². The fourth-order valence-electron chi connectivity index (χ4n) is 1.29. The number of fused-ring (bicyclic) bond motifs is 1. The highest BCUT2D eigenvalue weighted by molar-refractivity contribution is 7.88.